The number of hydrogen-bond acceptors (Lipinski definition) is 5. The van der Waals surface area contributed by atoms with Crippen LogP contribution in [0.1, 0.15) is 18.4 Å². The van der Waals surface area contributed by atoms with E-state index in [1.807, 2.05) is 12.1 Å². The van der Waals surface area contributed by atoms with Gasteiger partial charge in [0.1, 0.15) is 0 Å². The molecule has 5 heteroatoms. The van der Waals surface area contributed by atoms with Crippen molar-refractivity contribution in [3.63, 3.8) is 0 Å². The molecule has 0 aromatic heterocycles. The van der Waals surface area contributed by atoms with Gasteiger partial charge in [-0.1, -0.05) is 0 Å². The van der Waals surface area contributed by atoms with Crippen LogP contribution in [0, 0.1) is 5.92 Å². The van der Waals surface area contributed by atoms with E-state index in [1.54, 1.807) is 13.4 Å². The largest absolute Gasteiger partial charge is 0.493 e. The average Bonchev–Trinajstić information content (AvgIpc) is 2.52. The molecule has 0 saturated carbocycles. The smallest absolute Gasteiger partial charge is 0.163 e. The van der Waals surface area contributed by atoms with Crippen LogP contribution in [-0.2, 0) is 6.54 Å². The topological polar surface area (TPSA) is 46.1 Å². The van der Waals surface area contributed by atoms with E-state index in [1.165, 1.54) is 19.4 Å². The second-order valence-electron chi connectivity index (χ2n) is 5.86. The van der Waals surface area contributed by atoms with Crippen molar-refractivity contribution >= 4 is 12.0 Å². The van der Waals surface area contributed by atoms with Gasteiger partial charge in [0.15, 0.2) is 11.5 Å². The predicted octanol–water partition coefficient (Wildman–Crippen LogP) is 2.37. The minimum absolute atomic E-state index is 0.596. The molecule has 2 heterocycles. The lowest BCUT2D eigenvalue weighted by Crippen LogP contribution is -2.34. The maximum Gasteiger partial charge on any atom is 0.163 e. The van der Waals surface area contributed by atoms with Gasteiger partial charge >= 0.3 is 0 Å². The first-order chi connectivity index (χ1) is 10.3. The Morgan fingerprint density at radius 3 is 3.10 bits per heavy atom. The molecular weight excluding hydrogens is 266 g/mol. The Labute approximate surface area is 126 Å². The number of fused-ring (bicyclic) bond motifs is 1. The summed E-state index contributed by atoms with van der Waals surface area (Å²) in [7, 11) is 3.86. The molecule has 1 unspecified atom stereocenters. The number of rotatable bonds is 4. The molecule has 2 aliphatic rings. The molecule has 1 fully saturated rings. The zero-order chi connectivity index (χ0) is 14.7. The molecule has 1 aromatic rings. The summed E-state index contributed by atoms with van der Waals surface area (Å²) in [6, 6.07) is 4.03. The van der Waals surface area contributed by atoms with Crippen LogP contribution < -0.4 is 14.8 Å². The van der Waals surface area contributed by atoms with Gasteiger partial charge in [-0.2, -0.15) is 0 Å². The predicted molar refractivity (Wildman–Crippen MR) is 84.5 cm³/mol. The molecule has 5 nitrogen and oxygen atoms in total. The van der Waals surface area contributed by atoms with Gasteiger partial charge in [-0.3, -0.25) is 4.99 Å². The zero-order valence-corrected chi connectivity index (χ0v) is 12.8. The summed E-state index contributed by atoms with van der Waals surface area (Å²) in [5.41, 5.74) is 2.20. The highest BCUT2D eigenvalue weighted by Crippen LogP contribution is 2.35. The van der Waals surface area contributed by atoms with E-state index < -0.39 is 0 Å². The molecule has 0 bridgehead atoms. The van der Waals surface area contributed by atoms with E-state index in [-0.39, 0.29) is 0 Å². The fourth-order valence-corrected chi connectivity index (χ4v) is 3.02. The van der Waals surface area contributed by atoms with Gasteiger partial charge in [0, 0.05) is 29.8 Å². The molecule has 1 saturated heterocycles. The lowest BCUT2D eigenvalue weighted by atomic mass is 9.99. The Balaban J connectivity index is 1.69. The summed E-state index contributed by atoms with van der Waals surface area (Å²) < 4.78 is 11.5. The van der Waals surface area contributed by atoms with Gasteiger partial charge in [-0.25, -0.2) is 0 Å². The molecule has 0 amide bonds. The van der Waals surface area contributed by atoms with Gasteiger partial charge in [-0.15, -0.1) is 0 Å². The Hall–Kier alpha value is -1.75. The highest BCUT2D eigenvalue weighted by molar-refractivity contribution is 5.81. The molecule has 0 aliphatic carbocycles. The number of ether oxygens (including phenoxy) is 2. The lowest BCUT2D eigenvalue weighted by Gasteiger charge is -2.29. The summed E-state index contributed by atoms with van der Waals surface area (Å²) in [5, 5.41) is 3.16. The Kier molecular flexibility index (Phi) is 4.29. The third-order valence-corrected chi connectivity index (χ3v) is 4.16. The first kappa shape index (κ1) is 14.2. The van der Waals surface area contributed by atoms with Crippen LogP contribution in [0.4, 0.5) is 5.69 Å². The van der Waals surface area contributed by atoms with E-state index in [4.69, 9.17) is 9.47 Å². The second-order valence-corrected chi connectivity index (χ2v) is 5.86. The number of benzene rings is 1. The standard InChI is InChI=1S/C16H23N3O2/c1-19-5-3-4-12(9-19)10-21-16-7-14-13(6-15(16)20-2)8-17-11-18-14/h6-7,11-12H,3-5,8-10H2,1-2H3,(H,17,18). The van der Waals surface area contributed by atoms with Crippen LogP contribution in [0.25, 0.3) is 0 Å². The minimum atomic E-state index is 0.596. The fourth-order valence-electron chi connectivity index (χ4n) is 3.02. The second kappa shape index (κ2) is 6.35. The molecule has 1 N–H and O–H groups in total. The molecule has 2 aliphatic heterocycles. The summed E-state index contributed by atoms with van der Waals surface area (Å²) >= 11 is 0. The van der Waals surface area contributed by atoms with Gasteiger partial charge in [0.05, 0.1) is 26.6 Å². The molecule has 114 valence electrons. The van der Waals surface area contributed by atoms with Crippen LogP contribution in [0.2, 0.25) is 0 Å². The molecule has 3 rings (SSSR count). The maximum atomic E-state index is 6.05. The van der Waals surface area contributed by atoms with Crippen molar-refractivity contribution in [2.24, 2.45) is 10.9 Å². The van der Waals surface area contributed by atoms with Gasteiger partial charge < -0.3 is 19.7 Å². The molecule has 21 heavy (non-hydrogen) atoms. The van der Waals surface area contributed by atoms with E-state index >= 15 is 0 Å². The maximum absolute atomic E-state index is 6.05. The van der Waals surface area contributed by atoms with E-state index in [0.717, 1.165) is 35.9 Å². The molecule has 1 aromatic carbocycles. The molecule has 0 radical (unpaired) electrons. The van der Waals surface area contributed by atoms with E-state index in [0.29, 0.717) is 12.5 Å². The number of nitrogens with zero attached hydrogens (tertiary/aromatic N) is 2. The Morgan fingerprint density at radius 1 is 1.38 bits per heavy atom. The van der Waals surface area contributed by atoms with Crippen LogP contribution >= 0.6 is 0 Å². The molecule has 1 atom stereocenters. The number of aliphatic imine (C=N–C) groups is 1. The number of nitrogens with one attached hydrogen (secondary N) is 1. The van der Waals surface area contributed by atoms with Crippen molar-refractivity contribution in [1.29, 1.82) is 0 Å². The number of piperidine rings is 1. The number of likely N-dealkylation sites (tertiary alicyclic amines) is 1. The molecular formula is C16H23N3O2. The Bertz CT molecular complexity index is 530. The van der Waals surface area contributed by atoms with Crippen LogP contribution in [0.5, 0.6) is 11.5 Å². The monoisotopic (exact) mass is 289 g/mol. The summed E-state index contributed by atoms with van der Waals surface area (Å²) in [4.78, 5) is 6.59. The molecule has 0 spiro atoms. The SMILES string of the molecule is COc1cc2c(cc1OCC1CCCN(C)C1)NC=NC2. The summed E-state index contributed by atoms with van der Waals surface area (Å²) in [6.07, 6.45) is 4.22. The normalized spacial score (nSPS) is 21.5. The van der Waals surface area contributed by atoms with Gasteiger partial charge in [0.25, 0.3) is 0 Å². The van der Waals surface area contributed by atoms with Crippen LogP contribution in [0.3, 0.4) is 0 Å². The Morgan fingerprint density at radius 2 is 2.29 bits per heavy atom. The average molecular weight is 289 g/mol. The van der Waals surface area contributed by atoms with Crippen LogP contribution in [0.15, 0.2) is 17.1 Å². The van der Waals surface area contributed by atoms with Crippen molar-refractivity contribution in [2.75, 3.05) is 39.2 Å². The number of methoxy groups -OCH3 is 1. The van der Waals surface area contributed by atoms with Crippen molar-refractivity contribution in [3.8, 4) is 11.5 Å². The third-order valence-electron chi connectivity index (χ3n) is 4.16. The van der Waals surface area contributed by atoms with Crippen molar-refractivity contribution in [3.05, 3.63) is 17.7 Å². The van der Waals surface area contributed by atoms with Crippen molar-refractivity contribution in [1.82, 2.24) is 4.90 Å². The first-order valence-corrected chi connectivity index (χ1v) is 7.53. The van der Waals surface area contributed by atoms with Gasteiger partial charge in [-0.05, 0) is 32.5 Å². The van der Waals surface area contributed by atoms with E-state index in [9.17, 15) is 0 Å². The summed E-state index contributed by atoms with van der Waals surface area (Å²) in [5.74, 6) is 2.20. The minimum Gasteiger partial charge on any atom is -0.493 e. The highest BCUT2D eigenvalue weighted by atomic mass is 16.5. The number of hydrogen-bond donors (Lipinski definition) is 1. The van der Waals surface area contributed by atoms with Crippen LogP contribution in [-0.4, -0.2) is 45.1 Å². The highest BCUT2D eigenvalue weighted by Gasteiger charge is 2.19. The lowest BCUT2D eigenvalue weighted by molar-refractivity contribution is 0.148. The number of anilines is 1. The van der Waals surface area contributed by atoms with Crippen molar-refractivity contribution in [2.45, 2.75) is 19.4 Å². The van der Waals surface area contributed by atoms with E-state index in [2.05, 4.69) is 22.3 Å². The van der Waals surface area contributed by atoms with Gasteiger partial charge in [0.2, 0.25) is 0 Å². The van der Waals surface area contributed by atoms with Crippen molar-refractivity contribution < 1.29 is 9.47 Å². The fraction of sp³-hybridized carbons (Fsp3) is 0.562. The quantitative estimate of drug-likeness (QED) is 0.924. The third kappa shape index (κ3) is 3.29. The zero-order valence-electron chi connectivity index (χ0n) is 12.8. The first-order valence-electron chi connectivity index (χ1n) is 7.53. The summed E-state index contributed by atoms with van der Waals surface area (Å²) in [6.45, 7) is 3.74.